The van der Waals surface area contributed by atoms with Crippen molar-refractivity contribution in [1.29, 1.82) is 0 Å². The summed E-state index contributed by atoms with van der Waals surface area (Å²) in [5.74, 6) is 0. The van der Waals surface area contributed by atoms with Crippen LogP contribution in [-0.4, -0.2) is 15.3 Å². The van der Waals surface area contributed by atoms with Gasteiger partial charge in [-0.15, -0.1) is 0 Å². The number of aliphatic hydroxyl groups excluding tert-OH is 1. The quantitative estimate of drug-likeness (QED) is 0.477. The van der Waals surface area contributed by atoms with Crippen LogP contribution in [0.3, 0.4) is 0 Å². The van der Waals surface area contributed by atoms with Gasteiger partial charge in [-0.25, -0.2) is 0 Å². The summed E-state index contributed by atoms with van der Waals surface area (Å²) in [6.07, 6.45) is 0. The van der Waals surface area contributed by atoms with Crippen molar-refractivity contribution in [2.24, 2.45) is 0 Å². The van der Waals surface area contributed by atoms with Crippen molar-refractivity contribution < 1.29 is 5.11 Å². The molecule has 0 fully saturated rings. The third-order valence-corrected chi connectivity index (χ3v) is 1.25. The van der Waals surface area contributed by atoms with Gasteiger partial charge in [-0.2, -0.15) is 0 Å². The molecule has 1 rings (SSSR count). The van der Waals surface area contributed by atoms with Gasteiger partial charge in [0, 0.05) is 5.69 Å². The molecule has 0 spiro atoms. The van der Waals surface area contributed by atoms with Gasteiger partial charge < -0.3 is 10.2 Å². The van der Waals surface area contributed by atoms with Crippen molar-refractivity contribution in [2.75, 3.05) is 0 Å². The van der Waals surface area contributed by atoms with Crippen LogP contribution in [-0.2, 0) is 6.61 Å². The molecular weight excluding hydrogens is 120 g/mol. The molecule has 0 unspecified atom stereocenters. The monoisotopic (exact) mass is 128 g/mol. The van der Waals surface area contributed by atoms with Crippen LogP contribution >= 0.6 is 0 Å². The molecule has 0 radical (unpaired) electrons. The summed E-state index contributed by atoms with van der Waals surface area (Å²) in [6.45, 7) is 1.52. The maximum absolute atomic E-state index is 10.6. The second-order valence-electron chi connectivity index (χ2n) is 1.84. The van der Waals surface area contributed by atoms with Gasteiger partial charge in [-0.05, 0) is 6.92 Å². The van der Waals surface area contributed by atoms with E-state index in [0.717, 1.165) is 0 Å². The first-order valence-electron chi connectivity index (χ1n) is 2.62. The summed E-state index contributed by atoms with van der Waals surface area (Å²) >= 11 is 0. The minimum absolute atomic E-state index is 0.204. The Hall–Kier alpha value is -1.03. The normalized spacial score (nSPS) is 10.0. The summed E-state index contributed by atoms with van der Waals surface area (Å²) in [6, 6.07) is 0. The highest BCUT2D eigenvalue weighted by Gasteiger charge is 2.01. The fourth-order valence-corrected chi connectivity index (χ4v) is 0.662. The second kappa shape index (κ2) is 2.06. The van der Waals surface area contributed by atoms with E-state index in [-0.39, 0.29) is 12.2 Å². The molecule has 3 N–H and O–H groups in total. The lowest BCUT2D eigenvalue weighted by Crippen LogP contribution is -2.05. The van der Waals surface area contributed by atoms with E-state index in [1.807, 2.05) is 0 Å². The number of hydrogen-bond donors (Lipinski definition) is 3. The Bertz CT molecular complexity index is 248. The van der Waals surface area contributed by atoms with Gasteiger partial charge in [0.05, 0.1) is 12.2 Å². The van der Waals surface area contributed by atoms with E-state index in [9.17, 15) is 4.79 Å². The average molecular weight is 128 g/mol. The van der Waals surface area contributed by atoms with Gasteiger partial charge in [-0.1, -0.05) is 0 Å². The lowest BCUT2D eigenvalue weighted by Gasteiger charge is -1.85. The van der Waals surface area contributed by atoms with Crippen molar-refractivity contribution in [1.82, 2.24) is 10.2 Å². The molecule has 0 amide bonds. The first kappa shape index (κ1) is 6.10. The van der Waals surface area contributed by atoms with E-state index in [1.165, 1.54) is 0 Å². The standard InChI is InChI=1S/C5H8N2O2/c1-3-4(2-8)5(9)7-6-3/h8H,2H2,1H3,(H2,6,7,9). The topological polar surface area (TPSA) is 68.9 Å². The van der Waals surface area contributed by atoms with E-state index < -0.39 is 0 Å². The van der Waals surface area contributed by atoms with Crippen LogP contribution in [0.25, 0.3) is 0 Å². The Labute approximate surface area is 51.5 Å². The molecule has 0 aliphatic heterocycles. The smallest absolute Gasteiger partial charge is 0.269 e. The average Bonchev–Trinajstić information content (AvgIpc) is 2.12. The Morgan fingerprint density at radius 2 is 2.22 bits per heavy atom. The molecule has 0 aliphatic rings. The number of hydrogen-bond acceptors (Lipinski definition) is 2. The third-order valence-electron chi connectivity index (χ3n) is 1.25. The Balaban J connectivity index is 3.23. The predicted octanol–water partition coefficient (Wildman–Crippen LogP) is -0.496. The van der Waals surface area contributed by atoms with Crippen molar-refractivity contribution in [3.05, 3.63) is 21.6 Å². The number of aliphatic hydroxyl groups is 1. The predicted molar refractivity (Wildman–Crippen MR) is 32.1 cm³/mol. The number of aromatic amines is 2. The van der Waals surface area contributed by atoms with E-state index in [1.54, 1.807) is 6.92 Å². The fraction of sp³-hybridized carbons (Fsp3) is 0.400. The molecule has 0 aromatic carbocycles. The molecule has 0 atom stereocenters. The van der Waals surface area contributed by atoms with Gasteiger partial charge in [0.2, 0.25) is 0 Å². The lowest BCUT2D eigenvalue weighted by atomic mass is 10.3. The first-order chi connectivity index (χ1) is 4.25. The maximum Gasteiger partial charge on any atom is 0.269 e. The summed E-state index contributed by atoms with van der Waals surface area (Å²) < 4.78 is 0. The molecule has 0 bridgehead atoms. The number of rotatable bonds is 1. The molecule has 0 saturated heterocycles. The minimum atomic E-state index is -0.241. The number of aryl methyl sites for hydroxylation is 1. The highest BCUT2D eigenvalue weighted by atomic mass is 16.3. The largest absolute Gasteiger partial charge is 0.391 e. The van der Waals surface area contributed by atoms with Gasteiger partial charge in [0.1, 0.15) is 0 Å². The molecule has 9 heavy (non-hydrogen) atoms. The van der Waals surface area contributed by atoms with E-state index in [0.29, 0.717) is 11.3 Å². The Morgan fingerprint density at radius 1 is 1.56 bits per heavy atom. The van der Waals surface area contributed by atoms with Gasteiger partial charge >= 0.3 is 0 Å². The van der Waals surface area contributed by atoms with Crippen molar-refractivity contribution in [3.8, 4) is 0 Å². The van der Waals surface area contributed by atoms with Crippen LogP contribution in [0.15, 0.2) is 4.79 Å². The van der Waals surface area contributed by atoms with Gasteiger partial charge in [0.25, 0.3) is 5.56 Å². The zero-order valence-electron chi connectivity index (χ0n) is 5.06. The van der Waals surface area contributed by atoms with Crippen LogP contribution in [0, 0.1) is 6.92 Å². The molecule has 1 heterocycles. The maximum atomic E-state index is 10.6. The third kappa shape index (κ3) is 0.882. The Kier molecular flexibility index (Phi) is 1.40. The molecule has 4 nitrogen and oxygen atoms in total. The summed E-state index contributed by atoms with van der Waals surface area (Å²) in [7, 11) is 0. The highest BCUT2D eigenvalue weighted by Crippen LogP contribution is 1.93. The SMILES string of the molecule is Cc1[nH][nH]c(=O)c1CO. The summed E-state index contributed by atoms with van der Waals surface area (Å²) in [5.41, 5.74) is 0.868. The van der Waals surface area contributed by atoms with Crippen molar-refractivity contribution in [3.63, 3.8) is 0 Å². The van der Waals surface area contributed by atoms with Crippen LogP contribution in [0.5, 0.6) is 0 Å². The lowest BCUT2D eigenvalue weighted by molar-refractivity contribution is 0.280. The Morgan fingerprint density at radius 3 is 2.44 bits per heavy atom. The minimum Gasteiger partial charge on any atom is -0.391 e. The van der Waals surface area contributed by atoms with Crippen LogP contribution < -0.4 is 5.56 Å². The zero-order chi connectivity index (χ0) is 6.85. The van der Waals surface area contributed by atoms with Crippen LogP contribution in [0.2, 0.25) is 0 Å². The van der Waals surface area contributed by atoms with Crippen LogP contribution in [0.1, 0.15) is 11.3 Å². The summed E-state index contributed by atoms with van der Waals surface area (Å²) in [4.78, 5) is 10.6. The first-order valence-corrected chi connectivity index (χ1v) is 2.62. The zero-order valence-corrected chi connectivity index (χ0v) is 5.06. The van der Waals surface area contributed by atoms with Gasteiger partial charge in [-0.3, -0.25) is 9.89 Å². The van der Waals surface area contributed by atoms with Crippen molar-refractivity contribution in [2.45, 2.75) is 13.5 Å². The van der Waals surface area contributed by atoms with E-state index in [2.05, 4.69) is 10.2 Å². The van der Waals surface area contributed by atoms with E-state index in [4.69, 9.17) is 5.11 Å². The van der Waals surface area contributed by atoms with E-state index >= 15 is 0 Å². The second-order valence-corrected chi connectivity index (χ2v) is 1.84. The highest BCUT2D eigenvalue weighted by molar-refractivity contribution is 5.12. The molecule has 0 aliphatic carbocycles. The van der Waals surface area contributed by atoms with Gasteiger partial charge in [0.15, 0.2) is 0 Å². The molecular formula is C5H8N2O2. The molecule has 4 heteroatoms. The number of H-pyrrole nitrogens is 2. The molecule has 0 saturated carbocycles. The summed E-state index contributed by atoms with van der Waals surface area (Å²) in [5, 5.41) is 13.5. The molecule has 1 aromatic heterocycles. The number of aromatic nitrogens is 2. The molecule has 1 aromatic rings. The number of nitrogens with one attached hydrogen (secondary N) is 2. The molecule has 50 valence electrons. The van der Waals surface area contributed by atoms with Crippen LogP contribution in [0.4, 0.5) is 0 Å². The van der Waals surface area contributed by atoms with Crippen molar-refractivity contribution >= 4 is 0 Å². The fourth-order valence-electron chi connectivity index (χ4n) is 0.662.